The second kappa shape index (κ2) is 5.53. The van der Waals surface area contributed by atoms with Gasteiger partial charge in [0.1, 0.15) is 0 Å². The number of nitrogens with zero attached hydrogens (tertiary/aromatic N) is 3. The summed E-state index contributed by atoms with van der Waals surface area (Å²) >= 11 is 0. The summed E-state index contributed by atoms with van der Waals surface area (Å²) in [5.74, 6) is 0. The highest BCUT2D eigenvalue weighted by Crippen LogP contribution is 2.43. The summed E-state index contributed by atoms with van der Waals surface area (Å²) in [5.41, 5.74) is 4.52. The number of aliphatic hydroxyl groups excluding tert-OH is 1. The Hall–Kier alpha value is -2.98. The Balaban J connectivity index is 1.50. The van der Waals surface area contributed by atoms with E-state index in [0.29, 0.717) is 6.42 Å². The highest BCUT2D eigenvalue weighted by atomic mass is 16.3. The van der Waals surface area contributed by atoms with Crippen LogP contribution in [-0.2, 0) is 0 Å². The van der Waals surface area contributed by atoms with Crippen LogP contribution in [-0.4, -0.2) is 19.6 Å². The molecule has 0 bridgehead atoms. The lowest BCUT2D eigenvalue weighted by Gasteiger charge is -2.19. The van der Waals surface area contributed by atoms with Crippen LogP contribution in [0.4, 0.5) is 0 Å². The molecule has 2 aromatic carbocycles. The average molecular weight is 327 g/mol. The molecule has 25 heavy (non-hydrogen) atoms. The molecule has 2 atom stereocenters. The fourth-order valence-electron chi connectivity index (χ4n) is 3.83. The Morgan fingerprint density at radius 1 is 1.00 bits per heavy atom. The van der Waals surface area contributed by atoms with Gasteiger partial charge in [-0.05, 0) is 28.6 Å². The van der Waals surface area contributed by atoms with Crippen LogP contribution >= 0.6 is 0 Å². The Morgan fingerprint density at radius 3 is 2.88 bits per heavy atom. The molecule has 0 saturated heterocycles. The van der Waals surface area contributed by atoms with Gasteiger partial charge in [0.25, 0.3) is 0 Å². The van der Waals surface area contributed by atoms with E-state index >= 15 is 0 Å². The highest BCUT2D eigenvalue weighted by molar-refractivity contribution is 5.82. The normalized spacial score (nSPS) is 16.6. The molecular weight excluding hydrogens is 310 g/mol. The number of pyridine rings is 1. The van der Waals surface area contributed by atoms with Gasteiger partial charge < -0.3 is 9.67 Å². The van der Waals surface area contributed by atoms with Crippen molar-refractivity contribution in [1.29, 1.82) is 0 Å². The van der Waals surface area contributed by atoms with Crippen molar-refractivity contribution in [2.24, 2.45) is 0 Å². The summed E-state index contributed by atoms with van der Waals surface area (Å²) in [7, 11) is 0. The SMILES string of the molecule is OC(CC1c2ccccc2-c2cncn21)c1ccc2cnccc2c1. The van der Waals surface area contributed by atoms with Crippen LogP contribution < -0.4 is 0 Å². The number of benzene rings is 2. The second-order valence-electron chi connectivity index (χ2n) is 6.52. The van der Waals surface area contributed by atoms with Gasteiger partial charge in [0.05, 0.1) is 30.4 Å². The molecule has 0 amide bonds. The van der Waals surface area contributed by atoms with E-state index in [1.54, 1.807) is 6.20 Å². The van der Waals surface area contributed by atoms with Gasteiger partial charge in [-0.15, -0.1) is 0 Å². The molecule has 1 N–H and O–H groups in total. The Bertz CT molecular complexity index is 1070. The topological polar surface area (TPSA) is 50.9 Å². The van der Waals surface area contributed by atoms with E-state index < -0.39 is 6.10 Å². The molecule has 0 spiro atoms. The summed E-state index contributed by atoms with van der Waals surface area (Å²) in [4.78, 5) is 8.43. The summed E-state index contributed by atoms with van der Waals surface area (Å²) in [6, 6.07) is 16.5. The average Bonchev–Trinajstić information content (AvgIpc) is 3.24. The van der Waals surface area contributed by atoms with E-state index in [1.165, 1.54) is 11.1 Å². The number of aromatic nitrogens is 3. The van der Waals surface area contributed by atoms with Crippen molar-refractivity contribution in [3.8, 4) is 11.3 Å². The maximum atomic E-state index is 10.9. The van der Waals surface area contributed by atoms with Crippen LogP contribution in [0.15, 0.2) is 73.4 Å². The lowest BCUT2D eigenvalue weighted by molar-refractivity contribution is 0.154. The molecule has 4 nitrogen and oxygen atoms in total. The first-order valence-corrected chi connectivity index (χ1v) is 8.44. The van der Waals surface area contributed by atoms with Crippen LogP contribution in [0, 0.1) is 0 Å². The molecule has 122 valence electrons. The molecule has 1 aliphatic rings. The van der Waals surface area contributed by atoms with Crippen LogP contribution in [0.2, 0.25) is 0 Å². The maximum Gasteiger partial charge on any atom is 0.0956 e. The lowest BCUT2D eigenvalue weighted by Crippen LogP contribution is -2.10. The van der Waals surface area contributed by atoms with E-state index in [1.807, 2.05) is 43.0 Å². The van der Waals surface area contributed by atoms with Crippen molar-refractivity contribution in [2.75, 3.05) is 0 Å². The number of imidazole rings is 1. The standard InChI is InChI=1S/C21H17N3O/c25-21(15-5-6-16-11-22-8-7-14(16)9-15)10-19-17-3-1-2-4-18(17)20-12-23-13-24(19)20/h1-9,11-13,19,21,25H,10H2. The summed E-state index contributed by atoms with van der Waals surface area (Å²) in [5, 5.41) is 13.1. The largest absolute Gasteiger partial charge is 0.388 e. The lowest BCUT2D eigenvalue weighted by atomic mass is 9.95. The Labute approximate surface area is 145 Å². The molecular formula is C21H17N3O. The van der Waals surface area contributed by atoms with Crippen LogP contribution in [0.3, 0.4) is 0 Å². The fraction of sp³-hybridized carbons (Fsp3) is 0.143. The van der Waals surface area contributed by atoms with Crippen molar-refractivity contribution in [3.63, 3.8) is 0 Å². The smallest absolute Gasteiger partial charge is 0.0956 e. The number of hydrogen-bond donors (Lipinski definition) is 1. The van der Waals surface area contributed by atoms with Gasteiger partial charge in [0, 0.05) is 29.8 Å². The predicted molar refractivity (Wildman–Crippen MR) is 97.1 cm³/mol. The van der Waals surface area contributed by atoms with Crippen LogP contribution in [0.5, 0.6) is 0 Å². The predicted octanol–water partition coefficient (Wildman–Crippen LogP) is 4.12. The summed E-state index contributed by atoms with van der Waals surface area (Å²) in [6.45, 7) is 0. The number of rotatable bonds is 3. The maximum absolute atomic E-state index is 10.9. The second-order valence-corrected chi connectivity index (χ2v) is 6.52. The summed E-state index contributed by atoms with van der Waals surface area (Å²) < 4.78 is 2.17. The zero-order valence-electron chi connectivity index (χ0n) is 13.6. The molecule has 0 radical (unpaired) electrons. The Morgan fingerprint density at radius 2 is 1.92 bits per heavy atom. The van der Waals surface area contributed by atoms with Gasteiger partial charge in [0.15, 0.2) is 0 Å². The monoisotopic (exact) mass is 327 g/mol. The molecule has 0 fully saturated rings. The number of fused-ring (bicyclic) bond motifs is 4. The number of aliphatic hydroxyl groups is 1. The third-order valence-electron chi connectivity index (χ3n) is 5.09. The minimum absolute atomic E-state index is 0.108. The molecule has 2 aromatic heterocycles. The van der Waals surface area contributed by atoms with E-state index in [9.17, 15) is 5.11 Å². The van der Waals surface area contributed by atoms with E-state index in [4.69, 9.17) is 0 Å². The molecule has 2 unspecified atom stereocenters. The van der Waals surface area contributed by atoms with Gasteiger partial charge in [-0.2, -0.15) is 0 Å². The van der Waals surface area contributed by atoms with Gasteiger partial charge in [-0.1, -0.05) is 36.4 Å². The highest BCUT2D eigenvalue weighted by Gasteiger charge is 2.30. The molecule has 0 saturated carbocycles. The van der Waals surface area contributed by atoms with Crippen molar-refractivity contribution in [2.45, 2.75) is 18.6 Å². The molecule has 3 heterocycles. The first-order valence-electron chi connectivity index (χ1n) is 8.44. The fourth-order valence-corrected chi connectivity index (χ4v) is 3.83. The third kappa shape index (κ3) is 2.26. The van der Waals surface area contributed by atoms with E-state index in [-0.39, 0.29) is 6.04 Å². The number of hydrogen-bond acceptors (Lipinski definition) is 3. The zero-order chi connectivity index (χ0) is 16.8. The van der Waals surface area contributed by atoms with Gasteiger partial charge >= 0.3 is 0 Å². The minimum atomic E-state index is -0.538. The zero-order valence-corrected chi connectivity index (χ0v) is 13.6. The Kier molecular flexibility index (Phi) is 3.18. The van der Waals surface area contributed by atoms with Gasteiger partial charge in [0.2, 0.25) is 0 Å². The van der Waals surface area contributed by atoms with E-state index in [0.717, 1.165) is 22.0 Å². The molecule has 4 aromatic rings. The quantitative estimate of drug-likeness (QED) is 0.616. The van der Waals surface area contributed by atoms with Crippen molar-refractivity contribution in [1.82, 2.24) is 14.5 Å². The van der Waals surface area contributed by atoms with Crippen LogP contribution in [0.1, 0.15) is 29.7 Å². The molecule has 5 rings (SSSR count). The first-order chi connectivity index (χ1) is 12.3. The third-order valence-corrected chi connectivity index (χ3v) is 5.09. The van der Waals surface area contributed by atoms with Crippen molar-refractivity contribution < 1.29 is 5.11 Å². The minimum Gasteiger partial charge on any atom is -0.388 e. The van der Waals surface area contributed by atoms with Crippen molar-refractivity contribution in [3.05, 3.63) is 84.6 Å². The first kappa shape index (κ1) is 14.4. The summed E-state index contributed by atoms with van der Waals surface area (Å²) in [6.07, 6.45) is 7.47. The van der Waals surface area contributed by atoms with Gasteiger partial charge in [-0.25, -0.2) is 4.98 Å². The van der Waals surface area contributed by atoms with E-state index in [2.05, 4.69) is 38.8 Å². The van der Waals surface area contributed by atoms with Gasteiger partial charge in [-0.3, -0.25) is 4.98 Å². The van der Waals surface area contributed by atoms with Crippen molar-refractivity contribution >= 4 is 10.8 Å². The van der Waals surface area contributed by atoms with Crippen LogP contribution in [0.25, 0.3) is 22.0 Å². The molecule has 4 heteroatoms. The molecule has 1 aliphatic heterocycles. The molecule has 0 aliphatic carbocycles.